The van der Waals surface area contributed by atoms with Gasteiger partial charge in [-0.05, 0) is 43.0 Å². The van der Waals surface area contributed by atoms with Gasteiger partial charge in [0, 0.05) is 31.2 Å². The van der Waals surface area contributed by atoms with Crippen LogP contribution >= 0.6 is 0 Å². The van der Waals surface area contributed by atoms with E-state index in [1.165, 1.54) is 11.0 Å². The molecule has 7 heteroatoms. The number of benzene rings is 1. The quantitative estimate of drug-likeness (QED) is 0.870. The maximum atomic E-state index is 13.8. The van der Waals surface area contributed by atoms with Gasteiger partial charge in [-0.1, -0.05) is 13.0 Å². The third-order valence-corrected chi connectivity index (χ3v) is 4.54. The number of nitrogens with one attached hydrogen (secondary N) is 1. The van der Waals surface area contributed by atoms with Gasteiger partial charge in [-0.2, -0.15) is 5.10 Å². The lowest BCUT2D eigenvalue weighted by Crippen LogP contribution is -2.44. The van der Waals surface area contributed by atoms with E-state index in [-0.39, 0.29) is 11.9 Å². The second-order valence-electron chi connectivity index (χ2n) is 6.12. The maximum Gasteiger partial charge on any atom is 0.313 e. The zero-order valence-corrected chi connectivity index (χ0v) is 14.1. The summed E-state index contributed by atoms with van der Waals surface area (Å²) in [4.78, 5) is 26.0. The largest absolute Gasteiger partial charge is 0.334 e. The number of hydrogen-bond acceptors (Lipinski definition) is 3. The van der Waals surface area contributed by atoms with E-state index >= 15 is 0 Å². The molecule has 0 unspecified atom stereocenters. The van der Waals surface area contributed by atoms with Crippen molar-refractivity contribution in [1.82, 2.24) is 14.7 Å². The van der Waals surface area contributed by atoms with Crippen molar-refractivity contribution < 1.29 is 14.0 Å². The van der Waals surface area contributed by atoms with Crippen LogP contribution in [0.25, 0.3) is 0 Å². The summed E-state index contributed by atoms with van der Waals surface area (Å²) >= 11 is 0. The first kappa shape index (κ1) is 17.1. The van der Waals surface area contributed by atoms with Crippen molar-refractivity contribution >= 4 is 17.5 Å². The van der Waals surface area contributed by atoms with Gasteiger partial charge >= 0.3 is 11.8 Å². The van der Waals surface area contributed by atoms with E-state index in [1.807, 2.05) is 23.9 Å². The van der Waals surface area contributed by atoms with Crippen LogP contribution in [0.3, 0.4) is 0 Å². The summed E-state index contributed by atoms with van der Waals surface area (Å²) in [6.07, 6.45) is 5.71. The molecule has 1 aliphatic heterocycles. The van der Waals surface area contributed by atoms with Crippen LogP contribution in [0.4, 0.5) is 10.1 Å². The molecule has 1 aromatic heterocycles. The second-order valence-corrected chi connectivity index (χ2v) is 6.12. The van der Waals surface area contributed by atoms with Crippen LogP contribution in [-0.2, 0) is 16.0 Å². The van der Waals surface area contributed by atoms with Crippen molar-refractivity contribution in [3.05, 3.63) is 48.0 Å². The van der Waals surface area contributed by atoms with E-state index < -0.39 is 11.8 Å². The highest BCUT2D eigenvalue weighted by atomic mass is 19.1. The summed E-state index contributed by atoms with van der Waals surface area (Å²) < 4.78 is 15.7. The van der Waals surface area contributed by atoms with Crippen molar-refractivity contribution in [2.75, 3.05) is 18.4 Å². The van der Waals surface area contributed by atoms with Gasteiger partial charge < -0.3 is 10.2 Å². The molecular weight excluding hydrogens is 323 g/mol. The predicted molar refractivity (Wildman–Crippen MR) is 91.5 cm³/mol. The molecule has 1 aliphatic rings. The van der Waals surface area contributed by atoms with Gasteiger partial charge in [0.1, 0.15) is 5.82 Å². The monoisotopic (exact) mass is 344 g/mol. The second kappa shape index (κ2) is 7.46. The van der Waals surface area contributed by atoms with Crippen LogP contribution in [0, 0.1) is 5.82 Å². The fourth-order valence-corrected chi connectivity index (χ4v) is 3.07. The Morgan fingerprint density at radius 2 is 2.08 bits per heavy atom. The summed E-state index contributed by atoms with van der Waals surface area (Å²) in [5, 5.41) is 6.70. The molecule has 0 aliphatic carbocycles. The average molecular weight is 344 g/mol. The van der Waals surface area contributed by atoms with Crippen LogP contribution in [0.2, 0.25) is 0 Å². The molecule has 1 N–H and O–H groups in total. The lowest BCUT2D eigenvalue weighted by atomic mass is 10.1. The first-order valence-corrected chi connectivity index (χ1v) is 8.46. The Balaban J connectivity index is 1.56. The Morgan fingerprint density at radius 1 is 1.32 bits per heavy atom. The van der Waals surface area contributed by atoms with Crippen LogP contribution in [0.5, 0.6) is 0 Å². The first-order chi connectivity index (χ1) is 12.1. The molecule has 0 saturated carbocycles. The van der Waals surface area contributed by atoms with Crippen molar-refractivity contribution in [1.29, 1.82) is 0 Å². The Kier molecular flexibility index (Phi) is 5.11. The molecule has 6 nitrogen and oxygen atoms in total. The molecule has 1 saturated heterocycles. The number of amides is 2. The van der Waals surface area contributed by atoms with Crippen LogP contribution in [0.15, 0.2) is 36.7 Å². The number of carbonyl (C=O) groups excluding carboxylic acids is 2. The van der Waals surface area contributed by atoms with Crippen LogP contribution in [0.1, 0.15) is 31.4 Å². The van der Waals surface area contributed by atoms with Crippen molar-refractivity contribution in [3.63, 3.8) is 0 Å². The molecule has 2 heterocycles. The van der Waals surface area contributed by atoms with E-state index in [0.29, 0.717) is 30.8 Å². The van der Waals surface area contributed by atoms with Gasteiger partial charge in [-0.3, -0.25) is 14.3 Å². The van der Waals surface area contributed by atoms with E-state index in [9.17, 15) is 14.0 Å². The molecule has 2 amide bonds. The standard InChI is InChI=1S/C18H21FN4O2/c1-2-13-4-5-14(12-16(13)19)21-17(24)18(25)22-10-6-15(7-11-22)23-9-3-8-20-23/h3-5,8-9,12,15H,2,6-7,10-11H2,1H3,(H,21,24). The Hall–Kier alpha value is -2.70. The smallest absolute Gasteiger partial charge is 0.313 e. The SMILES string of the molecule is CCc1ccc(NC(=O)C(=O)N2CCC(n3cccn3)CC2)cc1F. The number of rotatable bonds is 3. The molecule has 0 atom stereocenters. The topological polar surface area (TPSA) is 67.2 Å². The zero-order valence-electron chi connectivity index (χ0n) is 14.1. The van der Waals surface area contributed by atoms with Gasteiger partial charge in [-0.15, -0.1) is 0 Å². The molecule has 0 bridgehead atoms. The maximum absolute atomic E-state index is 13.8. The van der Waals surface area contributed by atoms with E-state index in [4.69, 9.17) is 0 Å². The number of aryl methyl sites for hydroxylation is 1. The number of halogens is 1. The number of anilines is 1. The number of hydrogen-bond donors (Lipinski definition) is 1. The lowest BCUT2D eigenvalue weighted by molar-refractivity contribution is -0.144. The Labute approximate surface area is 145 Å². The predicted octanol–water partition coefficient (Wildman–Crippen LogP) is 2.39. The highest BCUT2D eigenvalue weighted by Crippen LogP contribution is 2.22. The summed E-state index contributed by atoms with van der Waals surface area (Å²) in [6, 6.07) is 6.59. The van der Waals surface area contributed by atoms with Crippen molar-refractivity contribution in [2.45, 2.75) is 32.2 Å². The van der Waals surface area contributed by atoms with Gasteiger partial charge in [-0.25, -0.2) is 4.39 Å². The van der Waals surface area contributed by atoms with Gasteiger partial charge in [0.25, 0.3) is 0 Å². The van der Waals surface area contributed by atoms with E-state index in [0.717, 1.165) is 12.8 Å². The highest BCUT2D eigenvalue weighted by Gasteiger charge is 2.28. The molecule has 3 rings (SSSR count). The molecule has 1 aromatic carbocycles. The van der Waals surface area contributed by atoms with Crippen LogP contribution in [-0.4, -0.2) is 39.6 Å². The molecule has 1 fully saturated rings. The molecule has 2 aromatic rings. The minimum absolute atomic E-state index is 0.248. The Morgan fingerprint density at radius 3 is 2.68 bits per heavy atom. The average Bonchev–Trinajstić information content (AvgIpc) is 3.16. The molecule has 132 valence electrons. The summed E-state index contributed by atoms with van der Waals surface area (Å²) in [7, 11) is 0. The number of aromatic nitrogens is 2. The zero-order chi connectivity index (χ0) is 17.8. The first-order valence-electron chi connectivity index (χ1n) is 8.46. The third kappa shape index (κ3) is 3.87. The van der Waals surface area contributed by atoms with Crippen molar-refractivity contribution in [3.8, 4) is 0 Å². The number of nitrogens with zero attached hydrogens (tertiary/aromatic N) is 3. The van der Waals surface area contributed by atoms with Crippen molar-refractivity contribution in [2.24, 2.45) is 0 Å². The fourth-order valence-electron chi connectivity index (χ4n) is 3.07. The number of likely N-dealkylation sites (tertiary alicyclic amines) is 1. The fraction of sp³-hybridized carbons (Fsp3) is 0.389. The summed E-state index contributed by atoms with van der Waals surface area (Å²) in [5.74, 6) is -1.70. The van der Waals surface area contributed by atoms with Gasteiger partial charge in [0.2, 0.25) is 0 Å². The highest BCUT2D eigenvalue weighted by molar-refractivity contribution is 6.39. The molecule has 0 radical (unpaired) electrons. The minimum Gasteiger partial charge on any atom is -0.334 e. The van der Waals surface area contributed by atoms with Gasteiger partial charge in [0.15, 0.2) is 0 Å². The number of piperidine rings is 1. The van der Waals surface area contributed by atoms with Crippen LogP contribution < -0.4 is 5.32 Å². The Bertz CT molecular complexity index is 752. The number of carbonyl (C=O) groups is 2. The van der Waals surface area contributed by atoms with Gasteiger partial charge in [0.05, 0.1) is 6.04 Å². The lowest BCUT2D eigenvalue weighted by Gasteiger charge is -2.31. The molecule has 25 heavy (non-hydrogen) atoms. The van der Waals surface area contributed by atoms with E-state index in [2.05, 4.69) is 10.4 Å². The normalized spacial score (nSPS) is 15.2. The minimum atomic E-state index is -0.735. The summed E-state index contributed by atoms with van der Waals surface area (Å²) in [5.41, 5.74) is 0.865. The molecule has 0 spiro atoms. The molecular formula is C18H21FN4O2. The summed E-state index contributed by atoms with van der Waals surface area (Å²) in [6.45, 7) is 2.85. The van der Waals surface area contributed by atoms with E-state index in [1.54, 1.807) is 18.3 Å². The third-order valence-electron chi connectivity index (χ3n) is 4.54.